The predicted molar refractivity (Wildman–Crippen MR) is 74.8 cm³/mol. The highest BCUT2D eigenvalue weighted by molar-refractivity contribution is 5.74. The summed E-state index contributed by atoms with van der Waals surface area (Å²) in [7, 11) is 0. The van der Waals surface area contributed by atoms with Crippen LogP contribution in [0.2, 0.25) is 0 Å². The SMILES string of the molecule is C=C/C(=C\C=C\CC1CCCC2OC12)C(C)C(=O)O. The number of allylic oxidation sites excluding steroid dienone is 4. The van der Waals surface area contributed by atoms with Crippen molar-refractivity contribution < 1.29 is 14.6 Å². The minimum atomic E-state index is -0.818. The Morgan fingerprint density at radius 3 is 3.00 bits per heavy atom. The second-order valence-corrected chi connectivity index (χ2v) is 5.42. The van der Waals surface area contributed by atoms with Crippen LogP contribution in [0.25, 0.3) is 0 Å². The van der Waals surface area contributed by atoms with Crippen LogP contribution in [0.3, 0.4) is 0 Å². The van der Waals surface area contributed by atoms with Gasteiger partial charge in [-0.15, -0.1) is 0 Å². The number of ether oxygens (including phenoxy) is 1. The Morgan fingerprint density at radius 2 is 2.32 bits per heavy atom. The molecule has 0 amide bonds. The molecule has 2 rings (SSSR count). The van der Waals surface area contributed by atoms with Gasteiger partial charge in [0.1, 0.15) is 0 Å². The van der Waals surface area contributed by atoms with Gasteiger partial charge in [0.15, 0.2) is 0 Å². The molecule has 0 radical (unpaired) electrons. The lowest BCUT2D eigenvalue weighted by Gasteiger charge is -2.15. The molecular formula is C16H22O3. The molecule has 0 aromatic heterocycles. The highest BCUT2D eigenvalue weighted by Crippen LogP contribution is 2.42. The van der Waals surface area contributed by atoms with Crippen LogP contribution < -0.4 is 0 Å². The normalized spacial score (nSPS) is 31.8. The first kappa shape index (κ1) is 14.1. The minimum Gasteiger partial charge on any atom is -0.481 e. The zero-order valence-corrected chi connectivity index (χ0v) is 11.4. The molecule has 0 aromatic carbocycles. The number of carboxylic acid groups (broad SMARTS) is 1. The molecule has 0 aromatic rings. The quantitative estimate of drug-likeness (QED) is 0.590. The average Bonchev–Trinajstić information content (AvgIpc) is 3.18. The van der Waals surface area contributed by atoms with Crippen molar-refractivity contribution >= 4 is 5.97 Å². The molecule has 1 heterocycles. The van der Waals surface area contributed by atoms with E-state index in [2.05, 4.69) is 12.7 Å². The molecular weight excluding hydrogens is 240 g/mol. The van der Waals surface area contributed by atoms with Crippen molar-refractivity contribution in [1.29, 1.82) is 0 Å². The fraction of sp³-hybridized carbons (Fsp3) is 0.562. The molecule has 0 spiro atoms. The van der Waals surface area contributed by atoms with Gasteiger partial charge in [-0.3, -0.25) is 4.79 Å². The number of hydrogen-bond donors (Lipinski definition) is 1. The summed E-state index contributed by atoms with van der Waals surface area (Å²) < 4.78 is 5.62. The van der Waals surface area contributed by atoms with E-state index >= 15 is 0 Å². The summed E-state index contributed by atoms with van der Waals surface area (Å²) in [5.41, 5.74) is 0.743. The first-order chi connectivity index (χ1) is 9.13. The number of carboxylic acids is 1. The monoisotopic (exact) mass is 262 g/mol. The third-order valence-electron chi connectivity index (χ3n) is 4.12. The maximum atomic E-state index is 10.9. The van der Waals surface area contributed by atoms with E-state index in [1.807, 2.05) is 12.2 Å². The maximum absolute atomic E-state index is 10.9. The first-order valence-corrected chi connectivity index (χ1v) is 7.01. The van der Waals surface area contributed by atoms with E-state index in [0.29, 0.717) is 18.1 Å². The van der Waals surface area contributed by atoms with Crippen LogP contribution in [0.5, 0.6) is 0 Å². The van der Waals surface area contributed by atoms with E-state index < -0.39 is 11.9 Å². The largest absolute Gasteiger partial charge is 0.481 e. The molecule has 1 saturated carbocycles. The lowest BCUT2D eigenvalue weighted by atomic mass is 9.87. The van der Waals surface area contributed by atoms with Crippen molar-refractivity contribution in [2.24, 2.45) is 11.8 Å². The Kier molecular flexibility index (Phi) is 4.59. The van der Waals surface area contributed by atoms with Gasteiger partial charge < -0.3 is 9.84 Å². The smallest absolute Gasteiger partial charge is 0.310 e. The molecule has 19 heavy (non-hydrogen) atoms. The number of epoxide rings is 1. The summed E-state index contributed by atoms with van der Waals surface area (Å²) in [6, 6.07) is 0. The maximum Gasteiger partial charge on any atom is 0.310 e. The summed E-state index contributed by atoms with van der Waals surface area (Å²) in [6.45, 7) is 5.34. The minimum absolute atomic E-state index is 0.485. The van der Waals surface area contributed by atoms with Crippen LogP contribution in [-0.4, -0.2) is 23.3 Å². The van der Waals surface area contributed by atoms with Gasteiger partial charge in [0, 0.05) is 0 Å². The van der Waals surface area contributed by atoms with Crippen molar-refractivity contribution in [3.05, 3.63) is 36.5 Å². The van der Waals surface area contributed by atoms with Crippen LogP contribution >= 0.6 is 0 Å². The Balaban J connectivity index is 1.84. The molecule has 0 bridgehead atoms. The molecule has 1 aliphatic carbocycles. The van der Waals surface area contributed by atoms with E-state index in [0.717, 1.165) is 12.0 Å². The number of aliphatic carboxylic acids is 1. The van der Waals surface area contributed by atoms with Crippen molar-refractivity contribution in [1.82, 2.24) is 0 Å². The van der Waals surface area contributed by atoms with Gasteiger partial charge in [0.25, 0.3) is 0 Å². The zero-order valence-electron chi connectivity index (χ0n) is 11.4. The number of hydrogen-bond acceptors (Lipinski definition) is 2. The van der Waals surface area contributed by atoms with E-state index in [1.54, 1.807) is 13.0 Å². The van der Waals surface area contributed by atoms with Crippen LogP contribution in [0.1, 0.15) is 32.6 Å². The molecule has 1 aliphatic heterocycles. The number of rotatable bonds is 6. The van der Waals surface area contributed by atoms with Gasteiger partial charge in [-0.2, -0.15) is 0 Å². The molecule has 3 nitrogen and oxygen atoms in total. The van der Waals surface area contributed by atoms with Gasteiger partial charge in [-0.25, -0.2) is 0 Å². The lowest BCUT2D eigenvalue weighted by Crippen LogP contribution is -2.15. The predicted octanol–water partition coefficient (Wildman–Crippen LogP) is 3.33. The second-order valence-electron chi connectivity index (χ2n) is 5.42. The van der Waals surface area contributed by atoms with Gasteiger partial charge in [0.05, 0.1) is 18.1 Å². The third-order valence-corrected chi connectivity index (χ3v) is 4.12. The molecule has 3 heteroatoms. The summed E-state index contributed by atoms with van der Waals surface area (Å²) in [4.78, 5) is 10.9. The topological polar surface area (TPSA) is 49.8 Å². The molecule has 104 valence electrons. The van der Waals surface area contributed by atoms with Gasteiger partial charge in [-0.05, 0) is 37.7 Å². The van der Waals surface area contributed by atoms with E-state index in [9.17, 15) is 4.79 Å². The molecule has 4 unspecified atom stereocenters. The molecule has 2 fully saturated rings. The van der Waals surface area contributed by atoms with E-state index in [1.165, 1.54) is 19.3 Å². The van der Waals surface area contributed by atoms with Gasteiger partial charge in [-0.1, -0.05) is 37.3 Å². The molecule has 1 saturated heterocycles. The second kappa shape index (κ2) is 6.20. The highest BCUT2D eigenvalue weighted by atomic mass is 16.6. The Labute approximate surface area is 114 Å². The van der Waals surface area contributed by atoms with Crippen LogP contribution in [-0.2, 0) is 9.53 Å². The molecule has 4 atom stereocenters. The highest BCUT2D eigenvalue weighted by Gasteiger charge is 2.46. The molecule has 1 N–H and O–H groups in total. The van der Waals surface area contributed by atoms with Crippen LogP contribution in [0.4, 0.5) is 0 Å². The molecule has 2 aliphatic rings. The summed E-state index contributed by atoms with van der Waals surface area (Å²) >= 11 is 0. The average molecular weight is 262 g/mol. The Hall–Kier alpha value is -1.35. The van der Waals surface area contributed by atoms with Gasteiger partial charge >= 0.3 is 5.97 Å². The number of fused-ring (bicyclic) bond motifs is 1. The Bertz CT molecular complexity index is 408. The van der Waals surface area contributed by atoms with Crippen molar-refractivity contribution in [3.63, 3.8) is 0 Å². The fourth-order valence-corrected chi connectivity index (χ4v) is 2.77. The van der Waals surface area contributed by atoms with Crippen molar-refractivity contribution in [3.8, 4) is 0 Å². The summed E-state index contributed by atoms with van der Waals surface area (Å²) in [5, 5.41) is 8.95. The van der Waals surface area contributed by atoms with Crippen molar-refractivity contribution in [2.75, 3.05) is 0 Å². The first-order valence-electron chi connectivity index (χ1n) is 7.01. The number of carbonyl (C=O) groups is 1. The summed E-state index contributed by atoms with van der Waals surface area (Å²) in [5.74, 6) is -0.679. The van der Waals surface area contributed by atoms with Gasteiger partial charge in [0.2, 0.25) is 0 Å². The van der Waals surface area contributed by atoms with E-state index in [4.69, 9.17) is 9.84 Å². The van der Waals surface area contributed by atoms with Crippen molar-refractivity contribution in [2.45, 2.75) is 44.8 Å². The third kappa shape index (κ3) is 3.57. The lowest BCUT2D eigenvalue weighted by molar-refractivity contribution is -0.139. The van der Waals surface area contributed by atoms with Crippen LogP contribution in [0.15, 0.2) is 36.5 Å². The van der Waals surface area contributed by atoms with Crippen LogP contribution in [0, 0.1) is 11.8 Å². The summed E-state index contributed by atoms with van der Waals surface area (Å²) in [6.07, 6.45) is 13.3. The zero-order chi connectivity index (χ0) is 13.8. The standard InChI is InChI=1S/C16H22O3/c1-3-12(11(2)16(17)18)7-4-5-8-13-9-6-10-14-15(13)19-14/h3-5,7,11,13-15H,1,6,8-10H2,2H3,(H,17,18)/b5-4+,12-7+. The Morgan fingerprint density at radius 1 is 1.53 bits per heavy atom. The van der Waals surface area contributed by atoms with E-state index in [-0.39, 0.29) is 0 Å². The fourth-order valence-electron chi connectivity index (χ4n) is 2.77.